The van der Waals surface area contributed by atoms with Gasteiger partial charge in [-0.15, -0.1) is 0 Å². The lowest BCUT2D eigenvalue weighted by Gasteiger charge is -2.04. The van der Waals surface area contributed by atoms with Crippen molar-refractivity contribution in [3.8, 4) is 11.3 Å². The van der Waals surface area contributed by atoms with Crippen molar-refractivity contribution >= 4 is 5.91 Å². The van der Waals surface area contributed by atoms with Gasteiger partial charge >= 0.3 is 0 Å². The van der Waals surface area contributed by atoms with Crippen LogP contribution in [-0.2, 0) is 11.3 Å². The van der Waals surface area contributed by atoms with Crippen molar-refractivity contribution < 1.29 is 9.21 Å². The van der Waals surface area contributed by atoms with Crippen molar-refractivity contribution in [1.29, 1.82) is 0 Å². The number of benzene rings is 1. The monoisotopic (exact) mass is 272 g/mol. The summed E-state index contributed by atoms with van der Waals surface area (Å²) in [6, 6.07) is 9.88. The Morgan fingerprint density at radius 2 is 2.00 bits per heavy atom. The highest BCUT2D eigenvalue weighted by Crippen LogP contribution is 2.22. The fraction of sp³-hybridized carbons (Fsp3) is 0.375. The molecular weight excluding hydrogens is 252 g/mol. The van der Waals surface area contributed by atoms with Gasteiger partial charge in [0.25, 0.3) is 0 Å². The van der Waals surface area contributed by atoms with Crippen LogP contribution in [0.15, 0.2) is 34.7 Å². The van der Waals surface area contributed by atoms with E-state index in [1.165, 1.54) is 0 Å². The van der Waals surface area contributed by atoms with Crippen LogP contribution in [0.5, 0.6) is 0 Å². The minimum atomic E-state index is 0.0251. The third kappa shape index (κ3) is 3.70. The summed E-state index contributed by atoms with van der Waals surface area (Å²) in [4.78, 5) is 16.1. The van der Waals surface area contributed by atoms with Gasteiger partial charge < -0.3 is 9.73 Å². The average molecular weight is 272 g/mol. The number of aryl methyl sites for hydroxylation is 1. The van der Waals surface area contributed by atoms with Gasteiger partial charge in [-0.25, -0.2) is 4.98 Å². The quantitative estimate of drug-likeness (QED) is 0.908. The maximum absolute atomic E-state index is 11.6. The van der Waals surface area contributed by atoms with Gasteiger partial charge in [0.1, 0.15) is 11.5 Å². The zero-order valence-electron chi connectivity index (χ0n) is 12.1. The van der Waals surface area contributed by atoms with Gasteiger partial charge in [-0.05, 0) is 12.8 Å². The fourth-order valence-electron chi connectivity index (χ4n) is 2.01. The summed E-state index contributed by atoms with van der Waals surface area (Å²) in [6.07, 6.45) is 0.519. The van der Waals surface area contributed by atoms with E-state index >= 15 is 0 Å². The number of nitrogens with zero attached hydrogens (tertiary/aromatic N) is 1. The van der Waals surface area contributed by atoms with Crippen LogP contribution in [0.2, 0.25) is 0 Å². The van der Waals surface area contributed by atoms with Crippen molar-refractivity contribution in [1.82, 2.24) is 10.3 Å². The van der Waals surface area contributed by atoms with Crippen molar-refractivity contribution in [2.45, 2.75) is 33.7 Å². The highest BCUT2D eigenvalue weighted by Gasteiger charge is 2.12. The molecule has 0 radical (unpaired) electrons. The van der Waals surface area contributed by atoms with E-state index in [-0.39, 0.29) is 5.91 Å². The summed E-state index contributed by atoms with van der Waals surface area (Å²) in [6.45, 7) is 6.25. The summed E-state index contributed by atoms with van der Waals surface area (Å²) >= 11 is 0. The van der Waals surface area contributed by atoms with Crippen LogP contribution in [-0.4, -0.2) is 10.9 Å². The average Bonchev–Trinajstić information content (AvgIpc) is 2.78. The van der Waals surface area contributed by atoms with E-state index in [4.69, 9.17) is 4.42 Å². The Balaban J connectivity index is 2.03. The number of hydrogen-bond acceptors (Lipinski definition) is 3. The molecule has 0 aliphatic heterocycles. The summed E-state index contributed by atoms with van der Waals surface area (Å²) < 4.78 is 5.60. The molecule has 0 saturated heterocycles. The smallest absolute Gasteiger partial charge is 0.220 e. The maximum atomic E-state index is 11.6. The van der Waals surface area contributed by atoms with Gasteiger partial charge in [0.05, 0.1) is 6.54 Å². The van der Waals surface area contributed by atoms with E-state index in [1.54, 1.807) is 0 Å². The van der Waals surface area contributed by atoms with Crippen LogP contribution in [0, 0.1) is 12.8 Å². The first kappa shape index (κ1) is 14.3. The van der Waals surface area contributed by atoms with Crippen LogP contribution in [0.25, 0.3) is 11.3 Å². The lowest BCUT2D eigenvalue weighted by molar-refractivity contribution is -0.122. The fourth-order valence-corrected chi connectivity index (χ4v) is 2.01. The minimum absolute atomic E-state index is 0.0251. The first-order valence-electron chi connectivity index (χ1n) is 6.84. The van der Waals surface area contributed by atoms with E-state index in [9.17, 15) is 4.79 Å². The molecule has 1 heterocycles. The third-order valence-corrected chi connectivity index (χ3v) is 2.92. The van der Waals surface area contributed by atoms with Crippen LogP contribution < -0.4 is 5.32 Å². The Morgan fingerprint density at radius 3 is 2.65 bits per heavy atom. The Morgan fingerprint density at radius 1 is 1.30 bits per heavy atom. The zero-order valence-corrected chi connectivity index (χ0v) is 12.1. The van der Waals surface area contributed by atoms with E-state index in [0.29, 0.717) is 24.8 Å². The summed E-state index contributed by atoms with van der Waals surface area (Å²) in [5.74, 6) is 1.68. The second kappa shape index (κ2) is 6.37. The van der Waals surface area contributed by atoms with Gasteiger partial charge in [0, 0.05) is 12.0 Å². The molecule has 1 amide bonds. The van der Waals surface area contributed by atoms with Crippen molar-refractivity contribution in [3.63, 3.8) is 0 Å². The first-order valence-corrected chi connectivity index (χ1v) is 6.84. The van der Waals surface area contributed by atoms with Crippen LogP contribution in [0.3, 0.4) is 0 Å². The van der Waals surface area contributed by atoms with Crippen molar-refractivity contribution in [2.24, 2.45) is 5.92 Å². The lowest BCUT2D eigenvalue weighted by Crippen LogP contribution is -2.24. The van der Waals surface area contributed by atoms with E-state index in [2.05, 4.69) is 10.3 Å². The highest BCUT2D eigenvalue weighted by atomic mass is 16.4. The Kier molecular flexibility index (Phi) is 4.56. The van der Waals surface area contributed by atoms with Crippen LogP contribution in [0.1, 0.15) is 31.9 Å². The molecule has 0 spiro atoms. The van der Waals surface area contributed by atoms with Gasteiger partial charge in [-0.2, -0.15) is 0 Å². The molecule has 0 aliphatic rings. The molecule has 0 unspecified atom stereocenters. The van der Waals surface area contributed by atoms with E-state index in [1.807, 2.05) is 51.1 Å². The van der Waals surface area contributed by atoms with Crippen molar-refractivity contribution in [3.05, 3.63) is 42.0 Å². The zero-order chi connectivity index (χ0) is 14.5. The van der Waals surface area contributed by atoms with Crippen LogP contribution in [0.4, 0.5) is 0 Å². The minimum Gasteiger partial charge on any atom is -0.443 e. The Bertz CT molecular complexity index is 573. The maximum Gasteiger partial charge on any atom is 0.220 e. The molecule has 2 rings (SSSR count). The second-order valence-electron chi connectivity index (χ2n) is 5.25. The standard InChI is InChI=1S/C16H20N2O2/c1-11(2)9-14(19)17-10-15-18-16(12(3)20-15)13-7-5-4-6-8-13/h4-8,11H,9-10H2,1-3H3,(H,17,19). The molecule has 106 valence electrons. The van der Waals surface area contributed by atoms with Gasteiger partial charge in [-0.3, -0.25) is 4.79 Å². The highest BCUT2D eigenvalue weighted by molar-refractivity contribution is 5.75. The molecule has 0 fully saturated rings. The molecule has 2 aromatic rings. The Labute approximate surface area is 119 Å². The molecule has 1 N–H and O–H groups in total. The van der Waals surface area contributed by atoms with Crippen molar-refractivity contribution in [2.75, 3.05) is 0 Å². The number of nitrogens with one attached hydrogen (secondary N) is 1. The summed E-state index contributed by atoms with van der Waals surface area (Å²) in [7, 11) is 0. The van der Waals surface area contributed by atoms with Gasteiger partial charge in [0.15, 0.2) is 0 Å². The molecule has 0 saturated carbocycles. The summed E-state index contributed by atoms with van der Waals surface area (Å²) in [5, 5.41) is 2.83. The SMILES string of the molecule is Cc1oc(CNC(=O)CC(C)C)nc1-c1ccccc1. The Hall–Kier alpha value is -2.10. The second-order valence-corrected chi connectivity index (χ2v) is 5.25. The molecule has 20 heavy (non-hydrogen) atoms. The topological polar surface area (TPSA) is 55.1 Å². The predicted molar refractivity (Wildman–Crippen MR) is 78.0 cm³/mol. The molecular formula is C16H20N2O2. The molecule has 4 nitrogen and oxygen atoms in total. The van der Waals surface area contributed by atoms with Crippen LogP contribution >= 0.6 is 0 Å². The molecule has 0 bridgehead atoms. The molecule has 0 atom stereocenters. The van der Waals surface area contributed by atoms with Gasteiger partial charge in [0.2, 0.25) is 11.8 Å². The first-order chi connectivity index (χ1) is 9.56. The van der Waals surface area contributed by atoms with Gasteiger partial charge in [-0.1, -0.05) is 44.2 Å². The molecule has 1 aromatic heterocycles. The number of rotatable bonds is 5. The lowest BCUT2D eigenvalue weighted by atomic mass is 10.1. The predicted octanol–water partition coefficient (Wildman–Crippen LogP) is 3.31. The largest absolute Gasteiger partial charge is 0.443 e. The number of aromatic nitrogens is 1. The molecule has 4 heteroatoms. The number of amides is 1. The van der Waals surface area contributed by atoms with E-state index in [0.717, 1.165) is 17.0 Å². The molecule has 1 aromatic carbocycles. The number of oxazole rings is 1. The molecule has 0 aliphatic carbocycles. The van der Waals surface area contributed by atoms with E-state index < -0.39 is 0 Å². The number of carbonyl (C=O) groups is 1. The number of hydrogen-bond donors (Lipinski definition) is 1. The summed E-state index contributed by atoms with van der Waals surface area (Å²) in [5.41, 5.74) is 1.85. The number of carbonyl (C=O) groups excluding carboxylic acids is 1. The normalized spacial score (nSPS) is 10.8. The third-order valence-electron chi connectivity index (χ3n) is 2.92.